The standard InChI is InChI=1S/C8H20N2O5S2/c9-1-5-16(11,12)7-3-15-4-8-17(13,14)6-2-10/h1-10H2. The summed E-state index contributed by atoms with van der Waals surface area (Å²) in [5.74, 6) is -0.439. The Kier molecular flexibility index (Phi) is 7.88. The second kappa shape index (κ2) is 7.98. The van der Waals surface area contributed by atoms with Crippen LogP contribution in [0.3, 0.4) is 0 Å². The average molecular weight is 288 g/mol. The van der Waals surface area contributed by atoms with Crippen molar-refractivity contribution in [3.63, 3.8) is 0 Å². The molecule has 17 heavy (non-hydrogen) atoms. The highest BCUT2D eigenvalue weighted by molar-refractivity contribution is 7.91. The van der Waals surface area contributed by atoms with Crippen LogP contribution < -0.4 is 11.5 Å². The molecule has 0 heterocycles. The third-order valence-electron chi connectivity index (χ3n) is 1.94. The van der Waals surface area contributed by atoms with Crippen LogP contribution >= 0.6 is 0 Å². The maximum Gasteiger partial charge on any atom is 0.153 e. The highest BCUT2D eigenvalue weighted by Crippen LogP contribution is 1.92. The molecule has 0 amide bonds. The van der Waals surface area contributed by atoms with Crippen LogP contribution in [0.1, 0.15) is 0 Å². The summed E-state index contributed by atoms with van der Waals surface area (Å²) >= 11 is 0. The second-order valence-electron chi connectivity index (χ2n) is 3.49. The highest BCUT2D eigenvalue weighted by Gasteiger charge is 2.11. The van der Waals surface area contributed by atoms with Gasteiger partial charge in [-0.1, -0.05) is 0 Å². The van der Waals surface area contributed by atoms with Crippen molar-refractivity contribution < 1.29 is 21.6 Å². The van der Waals surface area contributed by atoms with Gasteiger partial charge in [-0.05, 0) is 0 Å². The van der Waals surface area contributed by atoms with E-state index in [2.05, 4.69) is 0 Å². The minimum absolute atomic E-state index is 0.0134. The number of hydrogen-bond donors (Lipinski definition) is 2. The first-order valence-electron chi connectivity index (χ1n) is 5.22. The number of hydrogen-bond acceptors (Lipinski definition) is 7. The van der Waals surface area contributed by atoms with Crippen molar-refractivity contribution in [1.29, 1.82) is 0 Å². The number of rotatable bonds is 10. The Labute approximate surface area is 102 Å². The van der Waals surface area contributed by atoms with E-state index in [1.165, 1.54) is 0 Å². The molecule has 0 aromatic carbocycles. The Hall–Kier alpha value is -0.220. The lowest BCUT2D eigenvalue weighted by Crippen LogP contribution is -2.24. The molecule has 7 nitrogen and oxygen atoms in total. The van der Waals surface area contributed by atoms with Crippen LogP contribution in [0.15, 0.2) is 0 Å². The molecule has 0 aliphatic carbocycles. The lowest BCUT2D eigenvalue weighted by Gasteiger charge is -2.05. The van der Waals surface area contributed by atoms with Gasteiger partial charge in [0.2, 0.25) is 0 Å². The summed E-state index contributed by atoms with van der Waals surface area (Å²) in [5, 5.41) is 0. The third-order valence-corrected chi connectivity index (χ3v) is 5.23. The maximum atomic E-state index is 11.2. The Balaban J connectivity index is 3.74. The van der Waals surface area contributed by atoms with Gasteiger partial charge in [-0.3, -0.25) is 0 Å². The SMILES string of the molecule is NCCS(=O)(=O)CCOCCS(=O)(=O)CCN. The Bertz CT molecular complexity index is 352. The average Bonchev–Trinajstić information content (AvgIpc) is 2.16. The van der Waals surface area contributed by atoms with Gasteiger partial charge in [-0.2, -0.15) is 0 Å². The third kappa shape index (κ3) is 9.48. The van der Waals surface area contributed by atoms with Crippen molar-refractivity contribution in [2.24, 2.45) is 11.5 Å². The molecule has 0 aliphatic heterocycles. The molecular formula is C8H20N2O5S2. The number of nitrogens with two attached hydrogens (primary N) is 2. The lowest BCUT2D eigenvalue weighted by atomic mass is 10.8. The summed E-state index contributed by atoms with van der Waals surface area (Å²) < 4.78 is 49.8. The highest BCUT2D eigenvalue weighted by atomic mass is 32.2. The van der Waals surface area contributed by atoms with Gasteiger partial charge in [0.15, 0.2) is 19.7 Å². The van der Waals surface area contributed by atoms with Gasteiger partial charge >= 0.3 is 0 Å². The molecule has 0 saturated heterocycles. The van der Waals surface area contributed by atoms with Crippen LogP contribution in [0, 0.1) is 0 Å². The van der Waals surface area contributed by atoms with Crippen LogP contribution in [0.25, 0.3) is 0 Å². The van der Waals surface area contributed by atoms with Crippen LogP contribution in [0.2, 0.25) is 0 Å². The minimum Gasteiger partial charge on any atom is -0.379 e. The molecule has 9 heteroatoms. The molecule has 0 aromatic rings. The zero-order valence-corrected chi connectivity index (χ0v) is 11.3. The van der Waals surface area contributed by atoms with E-state index in [1.807, 2.05) is 0 Å². The van der Waals surface area contributed by atoms with Gasteiger partial charge in [0.1, 0.15) is 0 Å². The Morgan fingerprint density at radius 2 is 1.06 bits per heavy atom. The molecule has 0 rings (SSSR count). The zero-order chi connectivity index (χ0) is 13.4. The van der Waals surface area contributed by atoms with Gasteiger partial charge in [0, 0.05) is 13.1 Å². The van der Waals surface area contributed by atoms with Crippen LogP contribution in [0.4, 0.5) is 0 Å². The molecular weight excluding hydrogens is 268 g/mol. The van der Waals surface area contributed by atoms with Gasteiger partial charge < -0.3 is 16.2 Å². The van der Waals surface area contributed by atoms with E-state index in [0.29, 0.717) is 0 Å². The largest absolute Gasteiger partial charge is 0.379 e. The van der Waals surface area contributed by atoms with Crippen molar-refractivity contribution in [1.82, 2.24) is 0 Å². The van der Waals surface area contributed by atoms with E-state index in [9.17, 15) is 16.8 Å². The van der Waals surface area contributed by atoms with E-state index in [4.69, 9.17) is 16.2 Å². The molecule has 0 aromatic heterocycles. The zero-order valence-electron chi connectivity index (χ0n) is 9.67. The molecule has 0 aliphatic rings. The summed E-state index contributed by atoms with van der Waals surface area (Å²) in [7, 11) is -6.35. The molecule has 0 radical (unpaired) electrons. The van der Waals surface area contributed by atoms with Crippen molar-refractivity contribution >= 4 is 19.7 Å². The predicted octanol–water partition coefficient (Wildman–Crippen LogP) is -2.25. The smallest absolute Gasteiger partial charge is 0.153 e. The first-order valence-corrected chi connectivity index (χ1v) is 8.86. The number of sulfone groups is 2. The van der Waals surface area contributed by atoms with E-state index >= 15 is 0 Å². The summed E-state index contributed by atoms with van der Waals surface area (Å²) in [6, 6.07) is 0. The molecule has 0 bridgehead atoms. The van der Waals surface area contributed by atoms with Crippen molar-refractivity contribution in [2.75, 3.05) is 49.3 Å². The Morgan fingerprint density at radius 1 is 0.706 bits per heavy atom. The fraction of sp³-hybridized carbons (Fsp3) is 1.00. The monoisotopic (exact) mass is 288 g/mol. The molecule has 4 N–H and O–H groups in total. The normalized spacial score (nSPS) is 12.8. The predicted molar refractivity (Wildman–Crippen MR) is 66.2 cm³/mol. The van der Waals surface area contributed by atoms with E-state index in [-0.39, 0.29) is 49.3 Å². The van der Waals surface area contributed by atoms with E-state index in [1.54, 1.807) is 0 Å². The fourth-order valence-corrected chi connectivity index (χ4v) is 2.91. The van der Waals surface area contributed by atoms with Crippen LogP contribution in [0.5, 0.6) is 0 Å². The molecule has 104 valence electrons. The first kappa shape index (κ1) is 16.8. The maximum absolute atomic E-state index is 11.2. The van der Waals surface area contributed by atoms with E-state index in [0.717, 1.165) is 0 Å². The topological polar surface area (TPSA) is 130 Å². The second-order valence-corrected chi connectivity index (χ2v) is 8.10. The molecule has 0 atom stereocenters. The van der Waals surface area contributed by atoms with Gasteiger partial charge in [-0.15, -0.1) is 0 Å². The van der Waals surface area contributed by atoms with Crippen molar-refractivity contribution in [3.05, 3.63) is 0 Å². The fourth-order valence-electron chi connectivity index (χ4n) is 1.04. The quantitative estimate of drug-likeness (QED) is 0.434. The Morgan fingerprint density at radius 3 is 1.35 bits per heavy atom. The van der Waals surface area contributed by atoms with Crippen LogP contribution in [-0.2, 0) is 24.4 Å². The minimum atomic E-state index is -3.18. The summed E-state index contributed by atoms with van der Waals surface area (Å²) in [6.45, 7) is 0.126. The number of ether oxygens (including phenoxy) is 1. The summed E-state index contributed by atoms with van der Waals surface area (Å²) in [4.78, 5) is 0. The summed E-state index contributed by atoms with van der Waals surface area (Å²) in [6.07, 6.45) is 0. The molecule has 0 saturated carbocycles. The van der Waals surface area contributed by atoms with Crippen LogP contribution in [-0.4, -0.2) is 66.2 Å². The van der Waals surface area contributed by atoms with Crippen molar-refractivity contribution in [2.45, 2.75) is 0 Å². The lowest BCUT2D eigenvalue weighted by molar-refractivity contribution is 0.165. The van der Waals surface area contributed by atoms with Gasteiger partial charge in [0.25, 0.3) is 0 Å². The molecule has 0 unspecified atom stereocenters. The van der Waals surface area contributed by atoms with E-state index < -0.39 is 19.7 Å². The van der Waals surface area contributed by atoms with Gasteiger partial charge in [-0.25, -0.2) is 16.8 Å². The van der Waals surface area contributed by atoms with Gasteiger partial charge in [0.05, 0.1) is 36.2 Å². The molecule has 0 spiro atoms. The van der Waals surface area contributed by atoms with Crippen molar-refractivity contribution in [3.8, 4) is 0 Å². The first-order chi connectivity index (χ1) is 7.83. The summed E-state index contributed by atoms with van der Waals surface area (Å²) in [5.41, 5.74) is 10.2. The molecule has 0 fully saturated rings.